The normalized spacial score (nSPS) is 11.5. The lowest BCUT2D eigenvalue weighted by atomic mass is 10.3. The number of carbonyl (C=O) groups is 1. The molecule has 0 heterocycles. The third kappa shape index (κ3) is 5.19. The van der Waals surface area contributed by atoms with E-state index in [1.54, 1.807) is 0 Å². The fourth-order valence-electron chi connectivity index (χ4n) is 1.29. The molecule has 10 heteroatoms. The summed E-state index contributed by atoms with van der Waals surface area (Å²) < 4.78 is 31.8. The molecule has 0 bridgehead atoms. The Morgan fingerprint density at radius 1 is 1.24 bits per heavy atom. The van der Waals surface area contributed by atoms with Crippen LogP contribution in [0.3, 0.4) is 0 Å². The van der Waals surface area contributed by atoms with Gasteiger partial charge in [0, 0.05) is 13.6 Å². The molecular formula is C11H13Cl3N2O4S. The lowest BCUT2D eigenvalue weighted by Crippen LogP contribution is -2.34. The first-order valence-corrected chi connectivity index (χ1v) is 8.20. The van der Waals surface area contributed by atoms with Gasteiger partial charge in [0.1, 0.15) is 0 Å². The molecule has 0 saturated heterocycles. The van der Waals surface area contributed by atoms with Crippen LogP contribution in [0, 0.1) is 0 Å². The second kappa shape index (κ2) is 7.51. The molecule has 1 aromatic rings. The molecule has 0 aromatic heterocycles. The SMILES string of the molecule is COC(=O)CCN(C)S(=O)(=O)Nc1cc(Cl)c(Cl)cc1Cl. The van der Waals surface area contributed by atoms with Gasteiger partial charge in [-0.2, -0.15) is 12.7 Å². The molecule has 0 aliphatic carbocycles. The van der Waals surface area contributed by atoms with Crippen LogP contribution in [-0.4, -0.2) is 39.4 Å². The molecule has 0 radical (unpaired) electrons. The minimum atomic E-state index is -3.88. The quantitative estimate of drug-likeness (QED) is 0.613. The van der Waals surface area contributed by atoms with E-state index in [4.69, 9.17) is 34.8 Å². The molecule has 1 rings (SSSR count). The maximum Gasteiger partial charge on any atom is 0.306 e. The van der Waals surface area contributed by atoms with Gasteiger partial charge in [-0.3, -0.25) is 9.52 Å². The Morgan fingerprint density at radius 3 is 2.38 bits per heavy atom. The number of methoxy groups -OCH3 is 1. The number of halogens is 3. The van der Waals surface area contributed by atoms with Gasteiger partial charge in [0.15, 0.2) is 0 Å². The van der Waals surface area contributed by atoms with Crippen molar-refractivity contribution < 1.29 is 17.9 Å². The van der Waals surface area contributed by atoms with E-state index >= 15 is 0 Å². The Hall–Kier alpha value is -0.730. The smallest absolute Gasteiger partial charge is 0.306 e. The zero-order valence-electron chi connectivity index (χ0n) is 11.2. The van der Waals surface area contributed by atoms with Crippen LogP contribution < -0.4 is 4.72 Å². The van der Waals surface area contributed by atoms with Gasteiger partial charge in [-0.25, -0.2) is 0 Å². The third-order valence-corrected chi connectivity index (χ3v) is 5.03. The fraction of sp³-hybridized carbons (Fsp3) is 0.364. The molecular weight excluding hydrogens is 363 g/mol. The standard InChI is InChI=1S/C11H13Cl3N2O4S/c1-16(4-3-11(17)20-2)21(18,19)15-10-6-8(13)7(12)5-9(10)14/h5-6,15H,3-4H2,1-2H3. The highest BCUT2D eigenvalue weighted by Crippen LogP contribution is 2.32. The number of carbonyl (C=O) groups excluding carboxylic acids is 1. The van der Waals surface area contributed by atoms with Gasteiger partial charge in [0.05, 0.1) is 34.3 Å². The molecule has 6 nitrogen and oxygen atoms in total. The average molecular weight is 376 g/mol. The molecule has 21 heavy (non-hydrogen) atoms. The highest BCUT2D eigenvalue weighted by atomic mass is 35.5. The molecule has 0 saturated carbocycles. The van der Waals surface area contributed by atoms with Crippen LogP contribution in [0.5, 0.6) is 0 Å². The average Bonchev–Trinajstić information content (AvgIpc) is 2.41. The van der Waals surface area contributed by atoms with Gasteiger partial charge < -0.3 is 4.74 Å². The van der Waals surface area contributed by atoms with Crippen molar-refractivity contribution in [1.29, 1.82) is 0 Å². The first-order chi connectivity index (χ1) is 9.67. The highest BCUT2D eigenvalue weighted by Gasteiger charge is 2.20. The van der Waals surface area contributed by atoms with Crippen LogP contribution >= 0.6 is 34.8 Å². The van der Waals surface area contributed by atoms with Crippen molar-refractivity contribution in [2.24, 2.45) is 0 Å². The molecule has 1 aromatic carbocycles. The van der Waals surface area contributed by atoms with Crippen LogP contribution in [-0.2, 0) is 19.7 Å². The Morgan fingerprint density at radius 2 is 1.81 bits per heavy atom. The lowest BCUT2D eigenvalue weighted by Gasteiger charge is -2.18. The fourth-order valence-corrected chi connectivity index (χ4v) is 2.87. The predicted octanol–water partition coefficient (Wildman–Crippen LogP) is 2.80. The van der Waals surface area contributed by atoms with Crippen LogP contribution in [0.15, 0.2) is 12.1 Å². The van der Waals surface area contributed by atoms with Crippen molar-refractivity contribution in [3.05, 3.63) is 27.2 Å². The van der Waals surface area contributed by atoms with Crippen molar-refractivity contribution in [2.45, 2.75) is 6.42 Å². The van der Waals surface area contributed by atoms with Gasteiger partial charge in [-0.05, 0) is 12.1 Å². The monoisotopic (exact) mass is 374 g/mol. The number of rotatable bonds is 6. The molecule has 118 valence electrons. The zero-order valence-corrected chi connectivity index (χ0v) is 14.3. The Balaban J connectivity index is 2.85. The van der Waals surface area contributed by atoms with Gasteiger partial charge in [0.25, 0.3) is 0 Å². The number of nitrogens with one attached hydrogen (secondary N) is 1. The second-order valence-corrected chi connectivity index (χ2v) is 7.00. The summed E-state index contributed by atoms with van der Waals surface area (Å²) in [5.41, 5.74) is 0.0935. The van der Waals surface area contributed by atoms with Crippen molar-refractivity contribution in [3.8, 4) is 0 Å². The number of hydrogen-bond donors (Lipinski definition) is 1. The number of anilines is 1. The Kier molecular flexibility index (Phi) is 6.55. The maximum absolute atomic E-state index is 12.1. The van der Waals surface area contributed by atoms with E-state index in [-0.39, 0.29) is 33.7 Å². The van der Waals surface area contributed by atoms with E-state index in [1.807, 2.05) is 0 Å². The largest absolute Gasteiger partial charge is 0.469 e. The highest BCUT2D eigenvalue weighted by molar-refractivity contribution is 7.90. The second-order valence-electron chi connectivity index (χ2n) is 4.00. The summed E-state index contributed by atoms with van der Waals surface area (Å²) in [4.78, 5) is 11.0. The number of nitrogens with zero attached hydrogens (tertiary/aromatic N) is 1. The van der Waals surface area contributed by atoms with Crippen LogP contribution in [0.2, 0.25) is 15.1 Å². The minimum absolute atomic E-state index is 0.0407. The number of hydrogen-bond acceptors (Lipinski definition) is 4. The molecule has 0 spiro atoms. The van der Waals surface area contributed by atoms with Crippen LogP contribution in [0.4, 0.5) is 5.69 Å². The lowest BCUT2D eigenvalue weighted by molar-refractivity contribution is -0.140. The summed E-state index contributed by atoms with van der Waals surface area (Å²) in [5.74, 6) is -0.510. The summed E-state index contributed by atoms with van der Waals surface area (Å²) >= 11 is 17.5. The van der Waals surface area contributed by atoms with Gasteiger partial charge in [0.2, 0.25) is 0 Å². The van der Waals surface area contributed by atoms with E-state index in [2.05, 4.69) is 9.46 Å². The molecule has 0 fully saturated rings. The predicted molar refractivity (Wildman–Crippen MR) is 83.3 cm³/mol. The number of esters is 1. The van der Waals surface area contributed by atoms with E-state index in [9.17, 15) is 13.2 Å². The first kappa shape index (κ1) is 18.3. The van der Waals surface area contributed by atoms with Crippen molar-refractivity contribution in [2.75, 3.05) is 25.4 Å². The topological polar surface area (TPSA) is 75.7 Å². The zero-order chi connectivity index (χ0) is 16.2. The van der Waals surface area contributed by atoms with Crippen LogP contribution in [0.25, 0.3) is 0 Å². The van der Waals surface area contributed by atoms with E-state index in [1.165, 1.54) is 26.3 Å². The Labute approximate surface area is 138 Å². The van der Waals surface area contributed by atoms with Gasteiger partial charge in [-0.15, -0.1) is 0 Å². The Bertz CT molecular complexity index is 637. The summed E-state index contributed by atoms with van der Waals surface area (Å²) in [7, 11) is -1.34. The molecule has 0 unspecified atom stereocenters. The summed E-state index contributed by atoms with van der Waals surface area (Å²) in [6, 6.07) is 2.63. The van der Waals surface area contributed by atoms with Gasteiger partial charge >= 0.3 is 16.2 Å². The van der Waals surface area contributed by atoms with Gasteiger partial charge in [-0.1, -0.05) is 34.8 Å². The minimum Gasteiger partial charge on any atom is -0.469 e. The first-order valence-electron chi connectivity index (χ1n) is 5.63. The molecule has 0 amide bonds. The molecule has 0 aliphatic heterocycles. The van der Waals surface area contributed by atoms with Crippen molar-refractivity contribution in [1.82, 2.24) is 4.31 Å². The van der Waals surface area contributed by atoms with Crippen molar-refractivity contribution in [3.63, 3.8) is 0 Å². The van der Waals surface area contributed by atoms with E-state index < -0.39 is 16.2 Å². The molecule has 0 atom stereocenters. The van der Waals surface area contributed by atoms with E-state index in [0.29, 0.717) is 0 Å². The summed E-state index contributed by atoms with van der Waals surface area (Å²) in [6.07, 6.45) is -0.0665. The molecule has 1 N–H and O–H groups in total. The number of benzene rings is 1. The summed E-state index contributed by atoms with van der Waals surface area (Å²) in [5, 5.41) is 0.481. The number of ether oxygens (including phenoxy) is 1. The van der Waals surface area contributed by atoms with Crippen LogP contribution in [0.1, 0.15) is 6.42 Å². The van der Waals surface area contributed by atoms with Crippen molar-refractivity contribution >= 4 is 56.7 Å². The third-order valence-electron chi connectivity index (χ3n) is 2.52. The summed E-state index contributed by atoms with van der Waals surface area (Å²) in [6.45, 7) is -0.0407. The van der Waals surface area contributed by atoms with E-state index in [0.717, 1.165) is 4.31 Å². The molecule has 0 aliphatic rings. The maximum atomic E-state index is 12.1.